The molecule has 7 heteroatoms. The summed E-state index contributed by atoms with van der Waals surface area (Å²) in [7, 11) is 1.60. The number of carbonyl (C=O) groups is 1. The molecule has 1 aromatic heterocycles. The number of aromatic nitrogens is 2. The van der Waals surface area contributed by atoms with Crippen molar-refractivity contribution in [1.29, 1.82) is 0 Å². The van der Waals surface area contributed by atoms with Gasteiger partial charge in [0.15, 0.2) is 0 Å². The van der Waals surface area contributed by atoms with Crippen LogP contribution in [0.3, 0.4) is 0 Å². The van der Waals surface area contributed by atoms with Crippen LogP contribution in [0.2, 0.25) is 0 Å². The van der Waals surface area contributed by atoms with E-state index in [9.17, 15) is 4.79 Å². The van der Waals surface area contributed by atoms with Gasteiger partial charge in [-0.15, -0.1) is 0 Å². The summed E-state index contributed by atoms with van der Waals surface area (Å²) in [6.07, 6.45) is 2.83. The Morgan fingerprint density at radius 2 is 2.53 bits per heavy atom. The molecule has 7 nitrogen and oxygen atoms in total. The van der Waals surface area contributed by atoms with Crippen molar-refractivity contribution in [2.24, 2.45) is 0 Å². The molecule has 0 radical (unpaired) electrons. The van der Waals surface area contributed by atoms with Crippen molar-refractivity contribution in [1.82, 2.24) is 20.8 Å². The van der Waals surface area contributed by atoms with Crippen molar-refractivity contribution in [3.05, 3.63) is 11.7 Å². The molecule has 0 bridgehead atoms. The Kier molecular flexibility index (Phi) is 4.86. The molecule has 1 aliphatic heterocycles. The Balaban J connectivity index is 1.95. The molecule has 0 aliphatic carbocycles. The van der Waals surface area contributed by atoms with Crippen LogP contribution in [-0.4, -0.2) is 42.4 Å². The fourth-order valence-corrected chi connectivity index (χ4v) is 2.08. The standard InChI is InChI=1S/C12H20N4O3/c1-3-8(7-18-2)14-11(17)10-15-12(19-16-10)9-5-4-6-13-9/h8-9,13H,3-7H2,1-2H3,(H,14,17). The highest BCUT2D eigenvalue weighted by atomic mass is 16.5. The van der Waals surface area contributed by atoms with Crippen LogP contribution in [0.25, 0.3) is 0 Å². The first-order chi connectivity index (χ1) is 9.24. The number of nitrogens with one attached hydrogen (secondary N) is 2. The van der Waals surface area contributed by atoms with Crippen molar-refractivity contribution >= 4 is 5.91 Å². The van der Waals surface area contributed by atoms with Crippen LogP contribution in [0.15, 0.2) is 4.52 Å². The molecule has 1 saturated heterocycles. The van der Waals surface area contributed by atoms with E-state index < -0.39 is 0 Å². The monoisotopic (exact) mass is 268 g/mol. The fourth-order valence-electron chi connectivity index (χ4n) is 2.08. The molecule has 1 fully saturated rings. The molecule has 0 spiro atoms. The van der Waals surface area contributed by atoms with Crippen molar-refractivity contribution in [2.45, 2.75) is 38.3 Å². The number of hydrogen-bond acceptors (Lipinski definition) is 6. The van der Waals surface area contributed by atoms with Crippen molar-refractivity contribution < 1.29 is 14.1 Å². The van der Waals surface area contributed by atoms with E-state index in [2.05, 4.69) is 20.8 Å². The lowest BCUT2D eigenvalue weighted by molar-refractivity contribution is 0.0881. The second-order valence-corrected chi connectivity index (χ2v) is 4.64. The minimum atomic E-state index is -0.322. The Morgan fingerprint density at radius 1 is 1.68 bits per heavy atom. The first-order valence-corrected chi connectivity index (χ1v) is 6.61. The maximum absolute atomic E-state index is 11.9. The van der Waals surface area contributed by atoms with Crippen LogP contribution in [0.1, 0.15) is 48.7 Å². The predicted octanol–water partition coefficient (Wildman–Crippen LogP) is 0.649. The first kappa shape index (κ1) is 14.0. The van der Waals surface area contributed by atoms with Crippen molar-refractivity contribution in [2.75, 3.05) is 20.3 Å². The normalized spacial score (nSPS) is 20.4. The third-order valence-corrected chi connectivity index (χ3v) is 3.20. The van der Waals surface area contributed by atoms with Gasteiger partial charge in [-0.2, -0.15) is 4.98 Å². The molecule has 1 amide bonds. The number of nitrogens with zero attached hydrogens (tertiary/aromatic N) is 2. The Hall–Kier alpha value is -1.47. The fraction of sp³-hybridized carbons (Fsp3) is 0.750. The van der Waals surface area contributed by atoms with E-state index in [4.69, 9.17) is 9.26 Å². The topological polar surface area (TPSA) is 89.3 Å². The maximum Gasteiger partial charge on any atom is 0.292 e. The Morgan fingerprint density at radius 3 is 3.16 bits per heavy atom. The second-order valence-electron chi connectivity index (χ2n) is 4.64. The van der Waals surface area contributed by atoms with E-state index in [0.29, 0.717) is 12.5 Å². The first-order valence-electron chi connectivity index (χ1n) is 6.61. The minimum absolute atomic E-state index is 0.0379. The zero-order valence-electron chi connectivity index (χ0n) is 11.3. The van der Waals surface area contributed by atoms with E-state index in [0.717, 1.165) is 25.8 Å². The second kappa shape index (κ2) is 6.63. The quantitative estimate of drug-likeness (QED) is 0.787. The van der Waals surface area contributed by atoms with Crippen LogP contribution in [0, 0.1) is 0 Å². The van der Waals surface area contributed by atoms with E-state index in [-0.39, 0.29) is 23.8 Å². The van der Waals surface area contributed by atoms with Gasteiger partial charge in [-0.05, 0) is 25.8 Å². The molecular formula is C12H20N4O3. The van der Waals surface area contributed by atoms with Gasteiger partial charge < -0.3 is 19.9 Å². The molecule has 2 rings (SSSR count). The maximum atomic E-state index is 11.9. The van der Waals surface area contributed by atoms with Gasteiger partial charge in [0.1, 0.15) is 0 Å². The zero-order chi connectivity index (χ0) is 13.7. The number of rotatable bonds is 6. The lowest BCUT2D eigenvalue weighted by atomic mass is 10.2. The Bertz CT molecular complexity index is 415. The van der Waals surface area contributed by atoms with Crippen LogP contribution < -0.4 is 10.6 Å². The molecule has 1 aliphatic rings. The number of carbonyl (C=O) groups excluding carboxylic acids is 1. The summed E-state index contributed by atoms with van der Waals surface area (Å²) in [4.78, 5) is 16.1. The van der Waals surface area contributed by atoms with Gasteiger partial charge in [0.05, 0.1) is 18.7 Å². The molecule has 106 valence electrons. The highest BCUT2D eigenvalue weighted by Crippen LogP contribution is 2.20. The van der Waals surface area contributed by atoms with Gasteiger partial charge in [0.25, 0.3) is 11.7 Å². The molecule has 0 saturated carbocycles. The SMILES string of the molecule is CCC(COC)NC(=O)c1noc(C2CCCN2)n1. The van der Waals surface area contributed by atoms with Crippen molar-refractivity contribution in [3.8, 4) is 0 Å². The van der Waals surface area contributed by atoms with Crippen LogP contribution in [0.5, 0.6) is 0 Å². The van der Waals surface area contributed by atoms with Gasteiger partial charge in [-0.25, -0.2) is 0 Å². The predicted molar refractivity (Wildman–Crippen MR) is 67.7 cm³/mol. The third-order valence-electron chi connectivity index (χ3n) is 3.20. The summed E-state index contributed by atoms with van der Waals surface area (Å²) in [5.41, 5.74) is 0. The summed E-state index contributed by atoms with van der Waals surface area (Å²) < 4.78 is 10.2. The highest BCUT2D eigenvalue weighted by Gasteiger charge is 2.24. The largest absolute Gasteiger partial charge is 0.383 e. The summed E-state index contributed by atoms with van der Waals surface area (Å²) in [6.45, 7) is 3.39. The van der Waals surface area contributed by atoms with Gasteiger partial charge in [0.2, 0.25) is 5.89 Å². The molecular weight excluding hydrogens is 248 g/mol. The van der Waals surface area contributed by atoms with E-state index in [1.807, 2.05) is 6.92 Å². The van der Waals surface area contributed by atoms with E-state index in [1.54, 1.807) is 7.11 Å². The zero-order valence-corrected chi connectivity index (χ0v) is 11.3. The molecule has 2 unspecified atom stereocenters. The van der Waals surface area contributed by atoms with Gasteiger partial charge in [-0.1, -0.05) is 12.1 Å². The van der Waals surface area contributed by atoms with Gasteiger partial charge in [0, 0.05) is 7.11 Å². The molecule has 1 aromatic rings. The lowest BCUT2D eigenvalue weighted by Gasteiger charge is -2.14. The summed E-state index contributed by atoms with van der Waals surface area (Å²) in [5.74, 6) is 0.248. The number of ether oxygens (including phenoxy) is 1. The molecule has 2 heterocycles. The van der Waals surface area contributed by atoms with Crippen LogP contribution in [-0.2, 0) is 4.74 Å². The van der Waals surface area contributed by atoms with Crippen LogP contribution >= 0.6 is 0 Å². The number of hydrogen-bond donors (Lipinski definition) is 2. The number of methoxy groups -OCH3 is 1. The summed E-state index contributed by atoms with van der Waals surface area (Å²) >= 11 is 0. The average molecular weight is 268 g/mol. The molecule has 19 heavy (non-hydrogen) atoms. The third kappa shape index (κ3) is 3.51. The van der Waals surface area contributed by atoms with Crippen LogP contribution in [0.4, 0.5) is 0 Å². The highest BCUT2D eigenvalue weighted by molar-refractivity contribution is 5.90. The van der Waals surface area contributed by atoms with E-state index >= 15 is 0 Å². The lowest BCUT2D eigenvalue weighted by Crippen LogP contribution is -2.38. The minimum Gasteiger partial charge on any atom is -0.383 e. The molecule has 0 aromatic carbocycles. The van der Waals surface area contributed by atoms with Gasteiger partial charge in [-0.3, -0.25) is 4.79 Å². The summed E-state index contributed by atoms with van der Waals surface area (Å²) in [6, 6.07) is 0.0408. The smallest absolute Gasteiger partial charge is 0.292 e. The Labute approximate surface area is 112 Å². The summed E-state index contributed by atoms with van der Waals surface area (Å²) in [5, 5.41) is 9.80. The van der Waals surface area contributed by atoms with Crippen molar-refractivity contribution in [3.63, 3.8) is 0 Å². The van der Waals surface area contributed by atoms with Gasteiger partial charge >= 0.3 is 0 Å². The average Bonchev–Trinajstić information content (AvgIpc) is 3.08. The van der Waals surface area contributed by atoms with E-state index in [1.165, 1.54) is 0 Å². The number of amides is 1. The molecule has 2 atom stereocenters. The molecule has 2 N–H and O–H groups in total.